The molecular weight excluding hydrogens is 340 g/mol. The van der Waals surface area contributed by atoms with E-state index in [1.165, 1.54) is 11.3 Å². The van der Waals surface area contributed by atoms with Crippen LogP contribution < -0.4 is 15.5 Å². The van der Waals surface area contributed by atoms with Gasteiger partial charge < -0.3 is 15.5 Å². The monoisotopic (exact) mass is 366 g/mol. The Morgan fingerprint density at radius 1 is 1.00 bits per heavy atom. The lowest BCUT2D eigenvalue weighted by Crippen LogP contribution is -2.48. The molecular formula is C21H26N4O2. The summed E-state index contributed by atoms with van der Waals surface area (Å²) in [5, 5.41) is 5.47. The fourth-order valence-corrected chi connectivity index (χ4v) is 3.24. The molecule has 0 aliphatic carbocycles. The van der Waals surface area contributed by atoms with E-state index in [1.54, 1.807) is 31.3 Å². The lowest BCUT2D eigenvalue weighted by molar-refractivity contribution is -0.117. The number of benzene rings is 2. The number of rotatable bonds is 5. The standard InChI is InChI=1S/C21H26N4O2/c1-16-4-3-5-19(14-16)25-12-10-24(11-13-25)15-20(26)23-18-8-6-17(7-9-18)21(27)22-2/h3-9,14H,10-13,15H2,1-2H3,(H,22,27)(H,23,26). The van der Waals surface area contributed by atoms with Crippen molar-refractivity contribution in [3.8, 4) is 0 Å². The van der Waals surface area contributed by atoms with E-state index >= 15 is 0 Å². The van der Waals surface area contributed by atoms with Crippen LogP contribution in [0.4, 0.5) is 11.4 Å². The van der Waals surface area contributed by atoms with Gasteiger partial charge in [0.05, 0.1) is 6.54 Å². The molecule has 2 N–H and O–H groups in total. The zero-order valence-electron chi connectivity index (χ0n) is 15.9. The van der Waals surface area contributed by atoms with Gasteiger partial charge in [-0.1, -0.05) is 12.1 Å². The number of hydrogen-bond acceptors (Lipinski definition) is 4. The maximum atomic E-state index is 12.3. The van der Waals surface area contributed by atoms with Crippen LogP contribution >= 0.6 is 0 Å². The Balaban J connectivity index is 1.47. The SMILES string of the molecule is CNC(=O)c1ccc(NC(=O)CN2CCN(c3cccc(C)c3)CC2)cc1. The summed E-state index contributed by atoms with van der Waals surface area (Å²) >= 11 is 0. The molecule has 0 radical (unpaired) electrons. The normalized spacial score (nSPS) is 14.7. The van der Waals surface area contributed by atoms with E-state index in [0.717, 1.165) is 26.2 Å². The molecule has 1 aliphatic heterocycles. The van der Waals surface area contributed by atoms with Gasteiger partial charge >= 0.3 is 0 Å². The van der Waals surface area contributed by atoms with Gasteiger partial charge in [-0.15, -0.1) is 0 Å². The van der Waals surface area contributed by atoms with Gasteiger partial charge in [-0.25, -0.2) is 0 Å². The van der Waals surface area contributed by atoms with Crippen molar-refractivity contribution in [3.05, 3.63) is 59.7 Å². The fourth-order valence-electron chi connectivity index (χ4n) is 3.24. The Hall–Kier alpha value is -2.86. The number of carbonyl (C=O) groups excluding carboxylic acids is 2. The minimum absolute atomic E-state index is 0.0355. The van der Waals surface area contributed by atoms with Crippen molar-refractivity contribution in [2.75, 3.05) is 50.0 Å². The molecule has 6 nitrogen and oxygen atoms in total. The number of amides is 2. The Bertz CT molecular complexity index is 796. The molecule has 2 aromatic rings. The average Bonchev–Trinajstić information content (AvgIpc) is 2.68. The first-order chi connectivity index (χ1) is 13.0. The van der Waals surface area contributed by atoms with Gasteiger partial charge in [-0.2, -0.15) is 0 Å². The first-order valence-corrected chi connectivity index (χ1v) is 9.21. The Morgan fingerprint density at radius 3 is 2.33 bits per heavy atom. The first-order valence-electron chi connectivity index (χ1n) is 9.21. The van der Waals surface area contributed by atoms with Crippen LogP contribution in [0, 0.1) is 6.92 Å². The van der Waals surface area contributed by atoms with Crippen LogP contribution in [0.2, 0.25) is 0 Å². The summed E-state index contributed by atoms with van der Waals surface area (Å²) in [7, 11) is 1.59. The second-order valence-corrected chi connectivity index (χ2v) is 6.81. The molecule has 1 fully saturated rings. The maximum Gasteiger partial charge on any atom is 0.251 e. The predicted octanol–water partition coefficient (Wildman–Crippen LogP) is 2.12. The van der Waals surface area contributed by atoms with Crippen molar-refractivity contribution in [1.82, 2.24) is 10.2 Å². The number of aryl methyl sites for hydroxylation is 1. The summed E-state index contributed by atoms with van der Waals surface area (Å²) < 4.78 is 0. The third-order valence-electron chi connectivity index (χ3n) is 4.76. The van der Waals surface area contributed by atoms with E-state index in [1.807, 2.05) is 0 Å². The van der Waals surface area contributed by atoms with E-state index in [9.17, 15) is 9.59 Å². The zero-order chi connectivity index (χ0) is 19.2. The van der Waals surface area contributed by atoms with Gasteiger partial charge in [0.1, 0.15) is 0 Å². The van der Waals surface area contributed by atoms with Crippen LogP contribution in [0.3, 0.4) is 0 Å². The summed E-state index contributed by atoms with van der Waals surface area (Å²) in [6.07, 6.45) is 0. The van der Waals surface area contributed by atoms with Gasteiger partial charge in [-0.3, -0.25) is 14.5 Å². The number of nitrogens with one attached hydrogen (secondary N) is 2. The number of hydrogen-bond donors (Lipinski definition) is 2. The highest BCUT2D eigenvalue weighted by molar-refractivity contribution is 5.96. The van der Waals surface area contributed by atoms with Crippen molar-refractivity contribution in [1.29, 1.82) is 0 Å². The van der Waals surface area contributed by atoms with Crippen LogP contribution in [0.5, 0.6) is 0 Å². The molecule has 0 atom stereocenters. The molecule has 0 spiro atoms. The summed E-state index contributed by atoms with van der Waals surface area (Å²) in [6, 6.07) is 15.4. The quantitative estimate of drug-likeness (QED) is 0.851. The topological polar surface area (TPSA) is 64.7 Å². The van der Waals surface area contributed by atoms with E-state index in [0.29, 0.717) is 17.8 Å². The molecule has 1 saturated heterocycles. The van der Waals surface area contributed by atoms with Gasteiger partial charge in [-0.05, 0) is 48.9 Å². The Morgan fingerprint density at radius 2 is 1.70 bits per heavy atom. The lowest BCUT2D eigenvalue weighted by Gasteiger charge is -2.35. The van der Waals surface area contributed by atoms with Crippen LogP contribution in [-0.2, 0) is 4.79 Å². The highest BCUT2D eigenvalue weighted by atomic mass is 16.2. The van der Waals surface area contributed by atoms with Crippen LogP contribution in [0.25, 0.3) is 0 Å². The lowest BCUT2D eigenvalue weighted by atomic mass is 10.2. The Kier molecular flexibility index (Phi) is 6.08. The molecule has 0 bridgehead atoms. The van der Waals surface area contributed by atoms with E-state index < -0.39 is 0 Å². The van der Waals surface area contributed by atoms with Crippen molar-refractivity contribution >= 4 is 23.2 Å². The van der Waals surface area contributed by atoms with Gasteiger partial charge in [0.15, 0.2) is 0 Å². The fraction of sp³-hybridized carbons (Fsp3) is 0.333. The van der Waals surface area contributed by atoms with Crippen LogP contribution in [0.15, 0.2) is 48.5 Å². The third kappa shape index (κ3) is 5.08. The summed E-state index contributed by atoms with van der Waals surface area (Å²) in [4.78, 5) is 28.4. The molecule has 1 aliphatic rings. The second kappa shape index (κ2) is 8.68. The molecule has 6 heteroatoms. The van der Waals surface area contributed by atoms with E-state index in [4.69, 9.17) is 0 Å². The van der Waals surface area contributed by atoms with Crippen LogP contribution in [0.1, 0.15) is 15.9 Å². The van der Waals surface area contributed by atoms with E-state index in [-0.39, 0.29) is 11.8 Å². The second-order valence-electron chi connectivity index (χ2n) is 6.81. The molecule has 142 valence electrons. The molecule has 2 amide bonds. The molecule has 0 saturated carbocycles. The van der Waals surface area contributed by atoms with Gasteiger partial charge in [0.25, 0.3) is 5.91 Å². The highest BCUT2D eigenvalue weighted by Gasteiger charge is 2.19. The van der Waals surface area contributed by atoms with E-state index in [2.05, 4.69) is 51.6 Å². The number of nitrogens with zero attached hydrogens (tertiary/aromatic N) is 2. The molecule has 27 heavy (non-hydrogen) atoms. The van der Waals surface area contributed by atoms with Crippen molar-refractivity contribution in [2.45, 2.75) is 6.92 Å². The smallest absolute Gasteiger partial charge is 0.251 e. The highest BCUT2D eigenvalue weighted by Crippen LogP contribution is 2.18. The Labute approximate surface area is 160 Å². The number of carbonyl (C=O) groups is 2. The molecule has 0 unspecified atom stereocenters. The first kappa shape index (κ1) is 18.9. The van der Waals surface area contributed by atoms with Crippen molar-refractivity contribution < 1.29 is 9.59 Å². The molecule has 3 rings (SSSR count). The number of anilines is 2. The molecule has 2 aromatic carbocycles. The third-order valence-corrected chi connectivity index (χ3v) is 4.76. The molecule has 1 heterocycles. The van der Waals surface area contributed by atoms with Crippen LogP contribution in [-0.4, -0.2) is 56.5 Å². The number of piperazine rings is 1. The largest absolute Gasteiger partial charge is 0.369 e. The predicted molar refractivity (Wildman–Crippen MR) is 108 cm³/mol. The van der Waals surface area contributed by atoms with Gasteiger partial charge in [0.2, 0.25) is 5.91 Å². The summed E-state index contributed by atoms with van der Waals surface area (Å²) in [5.41, 5.74) is 3.78. The molecule has 0 aromatic heterocycles. The van der Waals surface area contributed by atoms with Crippen molar-refractivity contribution in [3.63, 3.8) is 0 Å². The maximum absolute atomic E-state index is 12.3. The average molecular weight is 366 g/mol. The minimum atomic E-state index is -0.139. The van der Waals surface area contributed by atoms with Gasteiger partial charge in [0, 0.05) is 50.2 Å². The zero-order valence-corrected chi connectivity index (χ0v) is 15.9. The summed E-state index contributed by atoms with van der Waals surface area (Å²) in [5.74, 6) is -0.175. The van der Waals surface area contributed by atoms with Crippen molar-refractivity contribution in [2.24, 2.45) is 0 Å². The summed E-state index contributed by atoms with van der Waals surface area (Å²) in [6.45, 7) is 6.02. The minimum Gasteiger partial charge on any atom is -0.369 e.